The SMILES string of the molecule is CCCCO[C@@H]1OC(CO[C@@H]2OC[C@@H](O)C(O)[C@@H]2O)[C@@H](O)C(O)[C@@H]1O. The molecule has 0 saturated carbocycles. The maximum atomic E-state index is 10.0. The Hall–Kier alpha value is -0.400. The van der Waals surface area contributed by atoms with E-state index in [1.54, 1.807) is 0 Å². The molecule has 0 aromatic rings. The van der Waals surface area contributed by atoms with Gasteiger partial charge in [-0.05, 0) is 6.42 Å². The minimum Gasteiger partial charge on any atom is -0.388 e. The average Bonchev–Trinajstić information content (AvgIpc) is 2.60. The summed E-state index contributed by atoms with van der Waals surface area (Å²) in [5.74, 6) is 0. The molecule has 0 bridgehead atoms. The van der Waals surface area contributed by atoms with Gasteiger partial charge in [0.25, 0.3) is 0 Å². The van der Waals surface area contributed by atoms with Gasteiger partial charge in [-0.3, -0.25) is 0 Å². The number of aliphatic hydroxyl groups is 6. The first-order valence-electron chi connectivity index (χ1n) is 8.45. The van der Waals surface area contributed by atoms with Gasteiger partial charge in [-0.25, -0.2) is 0 Å². The van der Waals surface area contributed by atoms with Crippen LogP contribution in [0.3, 0.4) is 0 Å². The Morgan fingerprint density at radius 2 is 1.52 bits per heavy atom. The topological polar surface area (TPSA) is 158 Å². The van der Waals surface area contributed by atoms with Crippen molar-refractivity contribution in [2.24, 2.45) is 0 Å². The van der Waals surface area contributed by atoms with Crippen molar-refractivity contribution >= 4 is 0 Å². The van der Waals surface area contributed by atoms with E-state index in [0.717, 1.165) is 12.8 Å². The minimum atomic E-state index is -1.49. The molecule has 0 aromatic heterocycles. The Labute approximate surface area is 145 Å². The molecule has 6 N–H and O–H groups in total. The molecule has 10 heteroatoms. The van der Waals surface area contributed by atoms with Gasteiger partial charge < -0.3 is 49.6 Å². The fraction of sp³-hybridized carbons (Fsp3) is 1.00. The third-order valence-corrected chi connectivity index (χ3v) is 4.33. The van der Waals surface area contributed by atoms with Crippen molar-refractivity contribution in [1.82, 2.24) is 0 Å². The van der Waals surface area contributed by atoms with Crippen LogP contribution in [0.5, 0.6) is 0 Å². The summed E-state index contributed by atoms with van der Waals surface area (Å²) >= 11 is 0. The van der Waals surface area contributed by atoms with Gasteiger partial charge in [0.15, 0.2) is 12.6 Å². The van der Waals surface area contributed by atoms with Crippen molar-refractivity contribution in [2.75, 3.05) is 19.8 Å². The van der Waals surface area contributed by atoms with E-state index in [9.17, 15) is 30.6 Å². The van der Waals surface area contributed by atoms with Crippen LogP contribution in [-0.2, 0) is 18.9 Å². The van der Waals surface area contributed by atoms with Gasteiger partial charge in [0.2, 0.25) is 0 Å². The molecule has 0 amide bonds. The van der Waals surface area contributed by atoms with Crippen molar-refractivity contribution in [1.29, 1.82) is 0 Å². The second kappa shape index (κ2) is 9.51. The second-order valence-electron chi connectivity index (χ2n) is 6.32. The lowest BCUT2D eigenvalue weighted by molar-refractivity contribution is -0.320. The highest BCUT2D eigenvalue weighted by Gasteiger charge is 2.45. The number of rotatable bonds is 7. The average molecular weight is 368 g/mol. The Morgan fingerprint density at radius 1 is 0.840 bits per heavy atom. The molecule has 148 valence electrons. The van der Waals surface area contributed by atoms with Gasteiger partial charge in [-0.15, -0.1) is 0 Å². The summed E-state index contributed by atoms with van der Waals surface area (Å²) in [5.41, 5.74) is 0. The minimum absolute atomic E-state index is 0.221. The maximum absolute atomic E-state index is 10.0. The zero-order valence-corrected chi connectivity index (χ0v) is 14.0. The zero-order chi connectivity index (χ0) is 18.6. The van der Waals surface area contributed by atoms with Crippen LogP contribution in [0.4, 0.5) is 0 Å². The molecule has 2 saturated heterocycles. The fourth-order valence-corrected chi connectivity index (χ4v) is 2.65. The summed E-state index contributed by atoms with van der Waals surface area (Å²) in [5, 5.41) is 58.7. The summed E-state index contributed by atoms with van der Waals surface area (Å²) in [7, 11) is 0. The van der Waals surface area contributed by atoms with Crippen molar-refractivity contribution in [3.8, 4) is 0 Å². The highest BCUT2D eigenvalue weighted by molar-refractivity contribution is 4.90. The third kappa shape index (κ3) is 5.07. The van der Waals surface area contributed by atoms with E-state index < -0.39 is 55.3 Å². The summed E-state index contributed by atoms with van der Waals surface area (Å²) in [6, 6.07) is 0. The first-order valence-corrected chi connectivity index (χ1v) is 8.45. The van der Waals surface area contributed by atoms with E-state index in [-0.39, 0.29) is 13.2 Å². The number of hydrogen-bond donors (Lipinski definition) is 6. The standard InChI is InChI=1S/C15H28O10/c1-2-3-4-22-15-13(21)11(19)10(18)8(25-15)6-24-14-12(20)9(17)7(16)5-23-14/h7-21H,2-6H2,1H3/t7-,8?,9?,10-,11?,12+,13+,14+,15-/m1/s1. The number of hydrogen-bond acceptors (Lipinski definition) is 10. The van der Waals surface area contributed by atoms with Gasteiger partial charge in [-0.2, -0.15) is 0 Å². The molecule has 10 nitrogen and oxygen atoms in total. The fourth-order valence-electron chi connectivity index (χ4n) is 2.65. The zero-order valence-electron chi connectivity index (χ0n) is 14.0. The molecule has 9 atom stereocenters. The van der Waals surface area contributed by atoms with Crippen molar-refractivity contribution < 1.29 is 49.6 Å². The molecule has 0 aromatic carbocycles. The lowest BCUT2D eigenvalue weighted by Crippen LogP contribution is -2.60. The highest BCUT2D eigenvalue weighted by atomic mass is 16.7. The Kier molecular flexibility index (Phi) is 7.95. The summed E-state index contributed by atoms with van der Waals surface area (Å²) in [6.45, 7) is 1.78. The lowest BCUT2D eigenvalue weighted by atomic mass is 9.99. The first kappa shape index (κ1) is 20.9. The Balaban J connectivity index is 1.88. The van der Waals surface area contributed by atoms with E-state index in [1.165, 1.54) is 0 Å². The van der Waals surface area contributed by atoms with E-state index in [0.29, 0.717) is 6.61 Å². The highest BCUT2D eigenvalue weighted by Crippen LogP contribution is 2.24. The van der Waals surface area contributed by atoms with Gasteiger partial charge in [0.05, 0.1) is 13.2 Å². The van der Waals surface area contributed by atoms with E-state index in [1.807, 2.05) is 6.92 Å². The van der Waals surface area contributed by atoms with Gasteiger partial charge in [0, 0.05) is 6.61 Å². The molecule has 0 radical (unpaired) electrons. The van der Waals surface area contributed by atoms with Crippen LogP contribution < -0.4 is 0 Å². The van der Waals surface area contributed by atoms with E-state index in [2.05, 4.69) is 0 Å². The quantitative estimate of drug-likeness (QED) is 0.257. The molecule has 25 heavy (non-hydrogen) atoms. The van der Waals surface area contributed by atoms with Crippen molar-refractivity contribution in [3.63, 3.8) is 0 Å². The van der Waals surface area contributed by atoms with Crippen LogP contribution in [0.25, 0.3) is 0 Å². The number of aliphatic hydroxyl groups excluding tert-OH is 6. The van der Waals surface area contributed by atoms with Gasteiger partial charge in [0.1, 0.15) is 42.7 Å². The van der Waals surface area contributed by atoms with Crippen molar-refractivity contribution in [2.45, 2.75) is 75.1 Å². The normalized spacial score (nSPS) is 45.5. The number of unbranched alkanes of at least 4 members (excludes halogenated alkanes) is 1. The summed E-state index contributed by atoms with van der Waals surface area (Å²) in [4.78, 5) is 0. The predicted octanol–water partition coefficient (Wildman–Crippen LogP) is -2.93. The summed E-state index contributed by atoms with van der Waals surface area (Å²) < 4.78 is 21.2. The van der Waals surface area contributed by atoms with Crippen LogP contribution in [0, 0.1) is 0 Å². The molecule has 0 spiro atoms. The largest absolute Gasteiger partial charge is 0.388 e. The molecule has 0 aliphatic carbocycles. The van der Waals surface area contributed by atoms with Crippen LogP contribution in [0.1, 0.15) is 19.8 Å². The monoisotopic (exact) mass is 368 g/mol. The Bertz CT molecular complexity index is 397. The smallest absolute Gasteiger partial charge is 0.186 e. The molecular formula is C15H28O10. The van der Waals surface area contributed by atoms with Gasteiger partial charge >= 0.3 is 0 Å². The molecule has 3 unspecified atom stereocenters. The molecule has 2 aliphatic rings. The first-order chi connectivity index (χ1) is 11.9. The Morgan fingerprint density at radius 3 is 2.20 bits per heavy atom. The van der Waals surface area contributed by atoms with E-state index in [4.69, 9.17) is 18.9 Å². The van der Waals surface area contributed by atoms with Gasteiger partial charge in [-0.1, -0.05) is 13.3 Å². The molecule has 2 rings (SSSR count). The number of ether oxygens (including phenoxy) is 4. The predicted molar refractivity (Wildman–Crippen MR) is 81.3 cm³/mol. The molecule has 2 heterocycles. The van der Waals surface area contributed by atoms with Crippen LogP contribution in [0.15, 0.2) is 0 Å². The van der Waals surface area contributed by atoms with Crippen molar-refractivity contribution in [3.05, 3.63) is 0 Å². The maximum Gasteiger partial charge on any atom is 0.186 e. The third-order valence-electron chi connectivity index (χ3n) is 4.33. The molecule has 2 fully saturated rings. The van der Waals surface area contributed by atoms with Crippen LogP contribution >= 0.6 is 0 Å². The second-order valence-corrected chi connectivity index (χ2v) is 6.32. The van der Waals surface area contributed by atoms with Crippen LogP contribution in [-0.4, -0.2) is 106 Å². The lowest BCUT2D eigenvalue weighted by Gasteiger charge is -2.41. The van der Waals surface area contributed by atoms with E-state index >= 15 is 0 Å². The summed E-state index contributed by atoms with van der Waals surface area (Å²) in [6.07, 6.45) is -10.2. The molecule has 2 aliphatic heterocycles. The van der Waals surface area contributed by atoms with Crippen LogP contribution in [0.2, 0.25) is 0 Å². The molecular weight excluding hydrogens is 340 g/mol.